The molecule has 152 valence electrons. The number of benzene rings is 1. The molecule has 6 heteroatoms. The van der Waals surface area contributed by atoms with Crippen LogP contribution in [0.25, 0.3) is 0 Å². The monoisotopic (exact) mass is 379 g/mol. The molecule has 0 aromatic heterocycles. The number of nitrogens with one attached hydrogen (secondary N) is 1. The van der Waals surface area contributed by atoms with Gasteiger partial charge in [0.25, 0.3) is 5.91 Å². The van der Waals surface area contributed by atoms with E-state index in [4.69, 9.17) is 14.2 Å². The summed E-state index contributed by atoms with van der Waals surface area (Å²) in [7, 11) is 2.85. The van der Waals surface area contributed by atoms with Crippen molar-refractivity contribution in [1.82, 2.24) is 0 Å². The first-order chi connectivity index (χ1) is 12.8. The van der Waals surface area contributed by atoms with Gasteiger partial charge in [0, 0.05) is 12.8 Å². The Bertz CT molecular complexity index is 631. The number of amides is 1. The number of carbonyl (C=O) groups excluding carboxylic acids is 2. The zero-order chi connectivity index (χ0) is 20.4. The smallest absolute Gasteiger partial charge is 0.341 e. The number of anilines is 1. The first-order valence-electron chi connectivity index (χ1n) is 9.56. The maximum atomic E-state index is 12.7. The van der Waals surface area contributed by atoms with Gasteiger partial charge in [-0.25, -0.2) is 4.79 Å². The van der Waals surface area contributed by atoms with Gasteiger partial charge in [-0.3, -0.25) is 4.79 Å². The molecule has 0 aliphatic heterocycles. The molecule has 0 aliphatic carbocycles. The molecular formula is C21H33NO5. The zero-order valence-corrected chi connectivity index (χ0v) is 17.4. The van der Waals surface area contributed by atoms with Gasteiger partial charge >= 0.3 is 5.97 Å². The van der Waals surface area contributed by atoms with E-state index in [1.807, 2.05) is 13.8 Å². The molecule has 2 atom stereocenters. The zero-order valence-electron chi connectivity index (χ0n) is 17.4. The average molecular weight is 379 g/mol. The van der Waals surface area contributed by atoms with Crippen LogP contribution in [0.5, 0.6) is 5.75 Å². The number of rotatable bonds is 11. The summed E-state index contributed by atoms with van der Waals surface area (Å²) in [5, 5.41) is 2.85. The quantitative estimate of drug-likeness (QED) is 0.450. The highest BCUT2D eigenvalue weighted by molar-refractivity contribution is 5.99. The van der Waals surface area contributed by atoms with Gasteiger partial charge in [0.05, 0.1) is 13.2 Å². The van der Waals surface area contributed by atoms with Crippen molar-refractivity contribution in [3.05, 3.63) is 23.8 Å². The highest BCUT2D eigenvalue weighted by Crippen LogP contribution is 2.27. The summed E-state index contributed by atoms with van der Waals surface area (Å²) in [4.78, 5) is 24.9. The van der Waals surface area contributed by atoms with Crippen molar-refractivity contribution < 1.29 is 23.8 Å². The number of esters is 1. The van der Waals surface area contributed by atoms with Crippen molar-refractivity contribution in [2.24, 2.45) is 0 Å². The largest absolute Gasteiger partial charge is 0.490 e. The van der Waals surface area contributed by atoms with Crippen LogP contribution >= 0.6 is 0 Å². The van der Waals surface area contributed by atoms with Crippen LogP contribution in [0.1, 0.15) is 70.2 Å². The van der Waals surface area contributed by atoms with Gasteiger partial charge in [0.2, 0.25) is 0 Å². The molecule has 0 spiro atoms. The van der Waals surface area contributed by atoms with E-state index in [-0.39, 0.29) is 17.6 Å². The molecule has 0 fully saturated rings. The second kappa shape index (κ2) is 10.9. The fraction of sp³-hybridized carbons (Fsp3) is 0.619. The molecule has 0 unspecified atom stereocenters. The van der Waals surface area contributed by atoms with Crippen LogP contribution in [-0.2, 0) is 14.3 Å². The van der Waals surface area contributed by atoms with E-state index < -0.39 is 11.6 Å². The van der Waals surface area contributed by atoms with E-state index >= 15 is 0 Å². The van der Waals surface area contributed by atoms with Gasteiger partial charge in [0.15, 0.2) is 0 Å². The number of unbranched alkanes of at least 4 members (excludes halogenated alkanes) is 2. The Morgan fingerprint density at radius 3 is 2.44 bits per heavy atom. The van der Waals surface area contributed by atoms with Gasteiger partial charge < -0.3 is 19.5 Å². The molecule has 0 bridgehead atoms. The fourth-order valence-corrected chi connectivity index (χ4v) is 2.56. The van der Waals surface area contributed by atoms with Crippen molar-refractivity contribution in [3.63, 3.8) is 0 Å². The molecule has 0 radical (unpaired) electrons. The number of hydrogen-bond donors (Lipinski definition) is 1. The summed E-state index contributed by atoms with van der Waals surface area (Å²) < 4.78 is 16.1. The number of methoxy groups -OCH3 is 2. The standard InChI is InChI=1S/C21H33NO5/c1-7-9-10-13-21(4,26-6)20(24)22-16-11-12-18(27-15(3)8-2)17(14-16)19(23)25-5/h11-12,14-15H,7-10,13H2,1-6H3,(H,22,24)/t15-,21+/m1/s1. The normalized spacial score (nSPS) is 14.1. The Kier molecular flexibility index (Phi) is 9.29. The molecule has 1 rings (SSSR count). The molecule has 0 aliphatic rings. The summed E-state index contributed by atoms with van der Waals surface area (Å²) in [5.74, 6) is -0.319. The first kappa shape index (κ1) is 23.0. The Balaban J connectivity index is 3.02. The molecule has 0 heterocycles. The van der Waals surface area contributed by atoms with Crippen molar-refractivity contribution in [3.8, 4) is 5.75 Å². The van der Waals surface area contributed by atoms with E-state index in [0.717, 1.165) is 25.7 Å². The molecule has 27 heavy (non-hydrogen) atoms. The lowest BCUT2D eigenvalue weighted by Gasteiger charge is -2.27. The third kappa shape index (κ3) is 6.54. The number of carbonyl (C=O) groups is 2. The van der Waals surface area contributed by atoms with Crippen molar-refractivity contribution >= 4 is 17.6 Å². The first-order valence-corrected chi connectivity index (χ1v) is 9.56. The van der Waals surface area contributed by atoms with Gasteiger partial charge in [-0.2, -0.15) is 0 Å². The van der Waals surface area contributed by atoms with Crippen LogP contribution in [-0.4, -0.2) is 37.8 Å². The van der Waals surface area contributed by atoms with Crippen LogP contribution in [0.2, 0.25) is 0 Å². The minimum atomic E-state index is -0.924. The summed E-state index contributed by atoms with van der Waals surface area (Å²) in [6.07, 6.45) is 4.42. The molecule has 1 aromatic rings. The summed E-state index contributed by atoms with van der Waals surface area (Å²) >= 11 is 0. The fourth-order valence-electron chi connectivity index (χ4n) is 2.56. The van der Waals surface area contributed by atoms with Gasteiger partial charge in [-0.05, 0) is 44.9 Å². The predicted octanol–water partition coefficient (Wildman–Crippen LogP) is 4.57. The predicted molar refractivity (Wildman–Crippen MR) is 106 cm³/mol. The number of hydrogen-bond acceptors (Lipinski definition) is 5. The highest BCUT2D eigenvalue weighted by atomic mass is 16.5. The van der Waals surface area contributed by atoms with Gasteiger partial charge in [-0.1, -0.05) is 33.1 Å². The summed E-state index contributed by atoms with van der Waals surface area (Å²) in [6, 6.07) is 4.96. The summed E-state index contributed by atoms with van der Waals surface area (Å²) in [6.45, 7) is 7.82. The maximum absolute atomic E-state index is 12.7. The topological polar surface area (TPSA) is 73.9 Å². The molecule has 0 saturated heterocycles. The van der Waals surface area contributed by atoms with E-state index in [9.17, 15) is 9.59 Å². The van der Waals surface area contributed by atoms with Crippen LogP contribution in [0, 0.1) is 0 Å². The van der Waals surface area contributed by atoms with Crippen LogP contribution in [0.15, 0.2) is 18.2 Å². The number of ether oxygens (including phenoxy) is 3. The summed E-state index contributed by atoms with van der Waals surface area (Å²) in [5.41, 5.74) is -0.150. The van der Waals surface area contributed by atoms with Gasteiger partial charge in [0.1, 0.15) is 16.9 Å². The van der Waals surface area contributed by atoms with Crippen molar-refractivity contribution in [1.29, 1.82) is 0 Å². The van der Waals surface area contributed by atoms with E-state index in [1.54, 1.807) is 25.1 Å². The van der Waals surface area contributed by atoms with Crippen LogP contribution in [0.3, 0.4) is 0 Å². The third-order valence-corrected chi connectivity index (χ3v) is 4.73. The van der Waals surface area contributed by atoms with Crippen molar-refractivity contribution in [2.75, 3.05) is 19.5 Å². The van der Waals surface area contributed by atoms with Crippen LogP contribution in [0.4, 0.5) is 5.69 Å². The lowest BCUT2D eigenvalue weighted by Crippen LogP contribution is -2.42. The molecule has 1 amide bonds. The second-order valence-corrected chi connectivity index (χ2v) is 6.89. The molecule has 1 aromatic carbocycles. The Hall–Kier alpha value is -2.08. The Labute approximate surface area is 162 Å². The Morgan fingerprint density at radius 2 is 1.89 bits per heavy atom. The lowest BCUT2D eigenvalue weighted by molar-refractivity contribution is -0.136. The third-order valence-electron chi connectivity index (χ3n) is 4.73. The molecular weight excluding hydrogens is 346 g/mol. The van der Waals surface area contributed by atoms with Crippen LogP contribution < -0.4 is 10.1 Å². The van der Waals surface area contributed by atoms with Gasteiger partial charge in [-0.15, -0.1) is 0 Å². The SMILES string of the molecule is CCCCC[C@](C)(OC)C(=O)Nc1ccc(O[C@H](C)CC)c(C(=O)OC)c1. The molecule has 0 saturated carbocycles. The molecule has 1 N–H and O–H groups in total. The highest BCUT2D eigenvalue weighted by Gasteiger charge is 2.32. The van der Waals surface area contributed by atoms with E-state index in [1.165, 1.54) is 14.2 Å². The Morgan fingerprint density at radius 1 is 1.19 bits per heavy atom. The van der Waals surface area contributed by atoms with E-state index in [2.05, 4.69) is 12.2 Å². The minimum absolute atomic E-state index is 0.0378. The maximum Gasteiger partial charge on any atom is 0.341 e. The second-order valence-electron chi connectivity index (χ2n) is 6.89. The lowest BCUT2D eigenvalue weighted by atomic mass is 9.96. The average Bonchev–Trinajstić information content (AvgIpc) is 2.68. The van der Waals surface area contributed by atoms with E-state index in [0.29, 0.717) is 17.9 Å². The molecule has 6 nitrogen and oxygen atoms in total. The minimum Gasteiger partial charge on any atom is -0.490 e. The van der Waals surface area contributed by atoms with Crippen molar-refractivity contribution in [2.45, 2.75) is 71.5 Å².